The number of alkyl halides is 1. The molecule has 0 unspecified atom stereocenters. The highest BCUT2D eigenvalue weighted by atomic mass is 35.5. The summed E-state index contributed by atoms with van der Waals surface area (Å²) < 4.78 is 0. The Morgan fingerprint density at radius 3 is 2.45 bits per heavy atom. The first-order chi connectivity index (χ1) is 9.61. The highest BCUT2D eigenvalue weighted by Crippen LogP contribution is 2.31. The second-order valence-electron chi connectivity index (χ2n) is 4.06. The van der Waals surface area contributed by atoms with Crippen LogP contribution in [0.4, 0.5) is 11.4 Å². The van der Waals surface area contributed by atoms with Crippen molar-refractivity contribution < 1.29 is 4.92 Å². The van der Waals surface area contributed by atoms with Crippen LogP contribution in [-0.4, -0.2) is 16.6 Å². The van der Waals surface area contributed by atoms with Crippen molar-refractivity contribution in [2.24, 2.45) is 10.7 Å². The Morgan fingerprint density at radius 1 is 1.20 bits per heavy atom. The standard InChI is InChI=1S/C14H12ClN3O2/c15-9-14(16)17-13-4-2-1-3-12(13)10-5-7-11(8-6-10)18(19)20/h1-8H,9H2,(H2,16,17). The molecule has 2 aromatic carbocycles. The lowest BCUT2D eigenvalue weighted by Crippen LogP contribution is -2.12. The third-order valence-electron chi connectivity index (χ3n) is 2.69. The number of non-ortho nitro benzene ring substituents is 1. The summed E-state index contributed by atoms with van der Waals surface area (Å²) in [5.74, 6) is 0.468. The second kappa shape index (κ2) is 6.16. The zero-order chi connectivity index (χ0) is 14.5. The van der Waals surface area contributed by atoms with Crippen LogP contribution in [0.25, 0.3) is 11.1 Å². The predicted molar refractivity (Wildman–Crippen MR) is 80.5 cm³/mol. The van der Waals surface area contributed by atoms with E-state index in [2.05, 4.69) is 4.99 Å². The van der Waals surface area contributed by atoms with Crippen LogP contribution in [0.3, 0.4) is 0 Å². The van der Waals surface area contributed by atoms with Crippen LogP contribution >= 0.6 is 11.6 Å². The van der Waals surface area contributed by atoms with E-state index in [1.54, 1.807) is 12.1 Å². The summed E-state index contributed by atoms with van der Waals surface area (Å²) >= 11 is 5.63. The van der Waals surface area contributed by atoms with E-state index in [1.807, 2.05) is 24.3 Å². The minimum absolute atomic E-state index is 0.0509. The summed E-state index contributed by atoms with van der Waals surface area (Å²) in [7, 11) is 0. The van der Waals surface area contributed by atoms with Crippen molar-refractivity contribution in [3.05, 3.63) is 58.6 Å². The molecule has 0 fully saturated rings. The lowest BCUT2D eigenvalue weighted by molar-refractivity contribution is -0.384. The summed E-state index contributed by atoms with van der Waals surface area (Å²) in [6, 6.07) is 13.7. The molecule has 0 aliphatic heterocycles. The van der Waals surface area contributed by atoms with Crippen LogP contribution in [0.2, 0.25) is 0 Å². The highest BCUT2D eigenvalue weighted by Gasteiger charge is 2.08. The molecule has 5 nitrogen and oxygen atoms in total. The maximum Gasteiger partial charge on any atom is 0.269 e. The van der Waals surface area contributed by atoms with Crippen molar-refractivity contribution in [2.75, 3.05) is 5.88 Å². The first-order valence-corrected chi connectivity index (χ1v) is 6.38. The molecule has 102 valence electrons. The van der Waals surface area contributed by atoms with Crippen LogP contribution in [-0.2, 0) is 0 Å². The maximum atomic E-state index is 10.7. The van der Waals surface area contributed by atoms with Gasteiger partial charge in [-0.15, -0.1) is 11.6 Å². The normalized spacial score (nSPS) is 11.3. The molecule has 0 radical (unpaired) electrons. The molecule has 2 aromatic rings. The Morgan fingerprint density at radius 2 is 1.85 bits per heavy atom. The number of halogens is 1. The van der Waals surface area contributed by atoms with Crippen molar-refractivity contribution >= 4 is 28.8 Å². The van der Waals surface area contributed by atoms with E-state index in [0.717, 1.165) is 11.1 Å². The molecular formula is C14H12ClN3O2. The number of hydrogen-bond donors (Lipinski definition) is 1. The molecule has 0 aromatic heterocycles. The predicted octanol–water partition coefficient (Wildman–Crippen LogP) is 3.49. The van der Waals surface area contributed by atoms with Crippen molar-refractivity contribution in [1.29, 1.82) is 0 Å². The van der Waals surface area contributed by atoms with E-state index >= 15 is 0 Å². The molecular weight excluding hydrogens is 278 g/mol. The van der Waals surface area contributed by atoms with Gasteiger partial charge in [0.2, 0.25) is 0 Å². The van der Waals surface area contributed by atoms with E-state index in [9.17, 15) is 10.1 Å². The average Bonchev–Trinajstić information content (AvgIpc) is 2.48. The summed E-state index contributed by atoms with van der Waals surface area (Å²) in [5, 5.41) is 10.7. The molecule has 0 aliphatic rings. The molecule has 20 heavy (non-hydrogen) atoms. The van der Waals surface area contributed by atoms with Gasteiger partial charge in [0, 0.05) is 17.7 Å². The van der Waals surface area contributed by atoms with Gasteiger partial charge in [-0.2, -0.15) is 0 Å². The lowest BCUT2D eigenvalue weighted by atomic mass is 10.0. The van der Waals surface area contributed by atoms with Gasteiger partial charge >= 0.3 is 0 Å². The van der Waals surface area contributed by atoms with Crippen LogP contribution in [0.5, 0.6) is 0 Å². The number of rotatable bonds is 4. The fourth-order valence-electron chi connectivity index (χ4n) is 1.76. The molecule has 0 atom stereocenters. The van der Waals surface area contributed by atoms with Crippen LogP contribution in [0.1, 0.15) is 0 Å². The molecule has 0 bridgehead atoms. The van der Waals surface area contributed by atoms with Gasteiger partial charge in [-0.05, 0) is 23.8 Å². The minimum Gasteiger partial charge on any atom is -0.386 e. The number of nitro benzene ring substituents is 1. The SMILES string of the molecule is NC(CCl)=Nc1ccccc1-c1ccc([N+](=O)[O-])cc1. The molecule has 2 rings (SSSR count). The van der Waals surface area contributed by atoms with Gasteiger partial charge in [0.15, 0.2) is 0 Å². The number of nitro groups is 1. The Balaban J connectivity index is 2.45. The number of nitrogens with zero attached hydrogens (tertiary/aromatic N) is 2. The van der Waals surface area contributed by atoms with Crippen LogP contribution < -0.4 is 5.73 Å². The summed E-state index contributed by atoms with van der Waals surface area (Å²) in [4.78, 5) is 14.5. The molecule has 2 N–H and O–H groups in total. The smallest absolute Gasteiger partial charge is 0.269 e. The number of benzene rings is 2. The molecule has 0 aliphatic carbocycles. The van der Waals surface area contributed by atoms with Gasteiger partial charge in [0.05, 0.1) is 16.5 Å². The Labute approximate surface area is 120 Å². The van der Waals surface area contributed by atoms with Crippen molar-refractivity contribution in [3.8, 4) is 11.1 Å². The lowest BCUT2D eigenvalue weighted by Gasteiger charge is -2.06. The van der Waals surface area contributed by atoms with Gasteiger partial charge in [-0.25, -0.2) is 4.99 Å². The second-order valence-corrected chi connectivity index (χ2v) is 4.33. The first-order valence-electron chi connectivity index (χ1n) is 5.84. The fourth-order valence-corrected chi connectivity index (χ4v) is 1.82. The zero-order valence-electron chi connectivity index (χ0n) is 10.5. The van der Waals surface area contributed by atoms with Gasteiger partial charge in [-0.3, -0.25) is 10.1 Å². The molecule has 0 amide bonds. The van der Waals surface area contributed by atoms with E-state index in [1.165, 1.54) is 12.1 Å². The number of amidine groups is 1. The van der Waals surface area contributed by atoms with E-state index in [0.29, 0.717) is 11.5 Å². The third kappa shape index (κ3) is 3.13. The summed E-state index contributed by atoms with van der Waals surface area (Å²) in [6.45, 7) is 0. The largest absolute Gasteiger partial charge is 0.386 e. The van der Waals surface area contributed by atoms with Gasteiger partial charge < -0.3 is 5.73 Å². The minimum atomic E-state index is -0.431. The summed E-state index contributed by atoms with van der Waals surface area (Å²) in [6.07, 6.45) is 0. The van der Waals surface area contributed by atoms with Crippen LogP contribution in [0.15, 0.2) is 53.5 Å². The van der Waals surface area contributed by atoms with Gasteiger partial charge in [-0.1, -0.05) is 18.2 Å². The van der Waals surface area contributed by atoms with Crippen LogP contribution in [0, 0.1) is 10.1 Å². The molecule has 0 spiro atoms. The van der Waals surface area contributed by atoms with E-state index in [-0.39, 0.29) is 11.6 Å². The molecule has 0 heterocycles. The van der Waals surface area contributed by atoms with E-state index < -0.39 is 4.92 Å². The average molecular weight is 290 g/mol. The Hall–Kier alpha value is -2.40. The maximum absolute atomic E-state index is 10.7. The number of hydrogen-bond acceptors (Lipinski definition) is 3. The fraction of sp³-hybridized carbons (Fsp3) is 0.0714. The quantitative estimate of drug-likeness (QED) is 0.307. The number of aliphatic imine (C=N–C) groups is 1. The Bertz CT molecular complexity index is 654. The van der Waals surface area contributed by atoms with Gasteiger partial charge in [0.25, 0.3) is 5.69 Å². The van der Waals surface area contributed by atoms with E-state index in [4.69, 9.17) is 17.3 Å². The number of para-hydroxylation sites is 1. The third-order valence-corrected chi connectivity index (χ3v) is 2.97. The monoisotopic (exact) mass is 289 g/mol. The highest BCUT2D eigenvalue weighted by molar-refractivity contribution is 6.28. The first kappa shape index (κ1) is 14.0. The Kier molecular flexibility index (Phi) is 4.32. The molecule has 0 saturated heterocycles. The molecule has 0 saturated carbocycles. The van der Waals surface area contributed by atoms with Crippen molar-refractivity contribution in [1.82, 2.24) is 0 Å². The van der Waals surface area contributed by atoms with Gasteiger partial charge in [0.1, 0.15) is 5.84 Å². The topological polar surface area (TPSA) is 81.5 Å². The van der Waals surface area contributed by atoms with Crippen molar-refractivity contribution in [3.63, 3.8) is 0 Å². The number of nitrogens with two attached hydrogens (primary N) is 1. The van der Waals surface area contributed by atoms with Crippen molar-refractivity contribution in [2.45, 2.75) is 0 Å². The molecule has 6 heteroatoms. The zero-order valence-corrected chi connectivity index (χ0v) is 11.2. The summed E-state index contributed by atoms with van der Waals surface area (Å²) in [5.41, 5.74) is 8.05.